The van der Waals surface area contributed by atoms with Crippen LogP contribution >= 0.6 is 0 Å². The number of amides is 1. The number of carbonyl (C=O) groups is 2. The second-order valence-electron chi connectivity index (χ2n) is 7.74. The van der Waals surface area contributed by atoms with E-state index >= 15 is 0 Å². The molecule has 6 nitrogen and oxygen atoms in total. The molecule has 6 heteroatoms. The zero-order chi connectivity index (χ0) is 21.8. The van der Waals surface area contributed by atoms with E-state index in [1.807, 2.05) is 43.3 Å². The Morgan fingerprint density at radius 1 is 1.16 bits per heavy atom. The first kappa shape index (κ1) is 21.1. The topological polar surface area (TPSA) is 77.8 Å². The monoisotopic (exact) mass is 421 g/mol. The normalized spacial score (nSPS) is 16.5. The van der Waals surface area contributed by atoms with E-state index in [4.69, 9.17) is 13.9 Å². The molecule has 1 aromatic heterocycles. The molecule has 2 aromatic carbocycles. The van der Waals surface area contributed by atoms with Crippen LogP contribution in [0.1, 0.15) is 60.0 Å². The van der Waals surface area contributed by atoms with E-state index < -0.39 is 12.1 Å². The van der Waals surface area contributed by atoms with Gasteiger partial charge in [-0.05, 0) is 50.3 Å². The van der Waals surface area contributed by atoms with E-state index in [9.17, 15) is 9.59 Å². The van der Waals surface area contributed by atoms with Crippen LogP contribution in [0.4, 0.5) is 0 Å². The summed E-state index contributed by atoms with van der Waals surface area (Å²) in [5.41, 5.74) is 3.61. The lowest BCUT2D eigenvalue weighted by Gasteiger charge is -2.27. The van der Waals surface area contributed by atoms with Crippen molar-refractivity contribution in [2.24, 2.45) is 0 Å². The molecule has 1 aliphatic rings. The second kappa shape index (κ2) is 9.35. The predicted molar refractivity (Wildman–Crippen MR) is 117 cm³/mol. The molecule has 1 heterocycles. The van der Waals surface area contributed by atoms with Gasteiger partial charge in [0.15, 0.2) is 6.10 Å². The predicted octanol–water partition coefficient (Wildman–Crippen LogP) is 4.71. The van der Waals surface area contributed by atoms with Gasteiger partial charge >= 0.3 is 5.97 Å². The minimum atomic E-state index is -0.949. The second-order valence-corrected chi connectivity index (χ2v) is 7.74. The van der Waals surface area contributed by atoms with Gasteiger partial charge in [-0.2, -0.15) is 0 Å². The highest BCUT2D eigenvalue weighted by Gasteiger charge is 2.28. The lowest BCUT2D eigenvalue weighted by Crippen LogP contribution is -2.39. The van der Waals surface area contributed by atoms with E-state index in [2.05, 4.69) is 11.4 Å². The average Bonchev–Trinajstić information content (AvgIpc) is 3.16. The summed E-state index contributed by atoms with van der Waals surface area (Å²) in [5.74, 6) is -0.910. The molecule has 1 N–H and O–H groups in total. The Kier molecular flexibility index (Phi) is 6.37. The van der Waals surface area contributed by atoms with E-state index in [0.29, 0.717) is 17.8 Å². The maximum Gasteiger partial charge on any atom is 0.375 e. The number of para-hydroxylation sites is 1. The number of hydrogen-bond donors (Lipinski definition) is 1. The Bertz CT molecular complexity index is 1090. The fourth-order valence-electron chi connectivity index (χ4n) is 4.07. The van der Waals surface area contributed by atoms with E-state index in [-0.39, 0.29) is 24.3 Å². The fraction of sp³-hybridized carbons (Fsp3) is 0.360. The molecule has 0 unspecified atom stereocenters. The van der Waals surface area contributed by atoms with Gasteiger partial charge < -0.3 is 19.2 Å². The molecule has 3 aromatic rings. The number of furan rings is 1. The standard InChI is InChI=1S/C25H27NO5/c1-3-29-15-20-19-12-6-7-14-22(19)31-23(20)25(28)30-16(2)24(27)26-21-13-8-10-17-9-4-5-11-18(17)21/h4-7,9,11-12,14,16,21H,3,8,10,13,15H2,1-2H3,(H,26,27)/t16-,21-/m1/s1. The fourth-order valence-corrected chi connectivity index (χ4v) is 4.07. The van der Waals surface area contributed by atoms with Crippen LogP contribution in [-0.4, -0.2) is 24.6 Å². The summed E-state index contributed by atoms with van der Waals surface area (Å²) in [7, 11) is 0. The largest absolute Gasteiger partial charge is 0.449 e. The van der Waals surface area contributed by atoms with Gasteiger partial charge in [0, 0.05) is 17.6 Å². The molecule has 0 saturated heterocycles. The number of fused-ring (bicyclic) bond motifs is 2. The van der Waals surface area contributed by atoms with Crippen LogP contribution in [0, 0.1) is 0 Å². The van der Waals surface area contributed by atoms with E-state index in [0.717, 1.165) is 30.2 Å². The molecule has 0 saturated carbocycles. The molecule has 2 atom stereocenters. The van der Waals surface area contributed by atoms with Gasteiger partial charge in [-0.3, -0.25) is 4.79 Å². The van der Waals surface area contributed by atoms with Crippen LogP contribution in [0.15, 0.2) is 52.9 Å². The third-order valence-corrected chi connectivity index (χ3v) is 5.67. The van der Waals surface area contributed by atoms with Crippen molar-refractivity contribution in [1.82, 2.24) is 5.32 Å². The van der Waals surface area contributed by atoms with Crippen molar-refractivity contribution < 1.29 is 23.5 Å². The van der Waals surface area contributed by atoms with Crippen molar-refractivity contribution in [2.75, 3.05) is 6.61 Å². The quantitative estimate of drug-likeness (QED) is 0.559. The van der Waals surface area contributed by atoms with Gasteiger partial charge in [-0.15, -0.1) is 0 Å². The van der Waals surface area contributed by atoms with Crippen LogP contribution in [0.2, 0.25) is 0 Å². The minimum absolute atomic E-state index is 0.0710. The van der Waals surface area contributed by atoms with Gasteiger partial charge in [0.1, 0.15) is 5.58 Å². The van der Waals surface area contributed by atoms with Crippen molar-refractivity contribution in [3.8, 4) is 0 Å². The number of benzene rings is 2. The lowest BCUT2D eigenvalue weighted by atomic mass is 9.87. The van der Waals surface area contributed by atoms with Gasteiger partial charge in [0.2, 0.25) is 5.76 Å². The Morgan fingerprint density at radius 2 is 1.94 bits per heavy atom. The number of carbonyl (C=O) groups excluding carboxylic acids is 2. The molecule has 162 valence electrons. The van der Waals surface area contributed by atoms with Gasteiger partial charge in [0.25, 0.3) is 5.91 Å². The molecule has 0 spiro atoms. The first-order valence-electron chi connectivity index (χ1n) is 10.8. The van der Waals surface area contributed by atoms with Crippen LogP contribution < -0.4 is 5.32 Å². The SMILES string of the molecule is CCOCc1c(C(=O)O[C@H](C)C(=O)N[C@@H]2CCCc3ccccc32)oc2ccccc12. The number of rotatable bonds is 7. The van der Waals surface area contributed by atoms with Crippen LogP contribution in [0.5, 0.6) is 0 Å². The number of esters is 1. The number of hydrogen-bond acceptors (Lipinski definition) is 5. The summed E-state index contributed by atoms with van der Waals surface area (Å²) >= 11 is 0. The van der Waals surface area contributed by atoms with Gasteiger partial charge in [0.05, 0.1) is 12.6 Å². The summed E-state index contributed by atoms with van der Waals surface area (Å²) in [6, 6.07) is 15.4. The number of ether oxygens (including phenoxy) is 2. The molecule has 1 aliphatic carbocycles. The molecule has 0 fully saturated rings. The molecule has 0 bridgehead atoms. The Balaban J connectivity index is 1.47. The van der Waals surface area contributed by atoms with Crippen LogP contribution in [0.25, 0.3) is 11.0 Å². The highest BCUT2D eigenvalue weighted by atomic mass is 16.6. The lowest BCUT2D eigenvalue weighted by molar-refractivity contribution is -0.130. The van der Waals surface area contributed by atoms with Gasteiger partial charge in [-0.1, -0.05) is 42.5 Å². The average molecular weight is 421 g/mol. The van der Waals surface area contributed by atoms with Crippen molar-refractivity contribution in [1.29, 1.82) is 0 Å². The molecule has 31 heavy (non-hydrogen) atoms. The Morgan fingerprint density at radius 3 is 2.77 bits per heavy atom. The van der Waals surface area contributed by atoms with E-state index in [1.165, 1.54) is 5.56 Å². The molecular weight excluding hydrogens is 394 g/mol. The number of aryl methyl sites for hydroxylation is 1. The van der Waals surface area contributed by atoms with Crippen LogP contribution in [0.3, 0.4) is 0 Å². The van der Waals surface area contributed by atoms with Gasteiger partial charge in [-0.25, -0.2) is 4.79 Å². The van der Waals surface area contributed by atoms with Crippen molar-refractivity contribution >= 4 is 22.8 Å². The summed E-state index contributed by atoms with van der Waals surface area (Å²) in [5, 5.41) is 3.84. The minimum Gasteiger partial charge on any atom is -0.449 e. The molecule has 0 aliphatic heterocycles. The molecule has 4 rings (SSSR count). The van der Waals surface area contributed by atoms with Crippen molar-refractivity contribution in [3.05, 3.63) is 71.0 Å². The molecule has 1 amide bonds. The summed E-state index contributed by atoms with van der Waals surface area (Å²) in [6.07, 6.45) is 1.94. The Labute approximate surface area is 181 Å². The summed E-state index contributed by atoms with van der Waals surface area (Å²) in [4.78, 5) is 25.6. The first-order valence-corrected chi connectivity index (χ1v) is 10.8. The Hall–Kier alpha value is -3.12. The first-order chi connectivity index (χ1) is 15.1. The smallest absolute Gasteiger partial charge is 0.375 e. The highest BCUT2D eigenvalue weighted by Crippen LogP contribution is 2.30. The third kappa shape index (κ3) is 4.49. The number of nitrogens with one attached hydrogen (secondary N) is 1. The maximum atomic E-state index is 12.9. The maximum absolute atomic E-state index is 12.9. The zero-order valence-electron chi connectivity index (χ0n) is 17.9. The van der Waals surface area contributed by atoms with Crippen molar-refractivity contribution in [3.63, 3.8) is 0 Å². The van der Waals surface area contributed by atoms with E-state index in [1.54, 1.807) is 13.0 Å². The third-order valence-electron chi connectivity index (χ3n) is 5.67. The summed E-state index contributed by atoms with van der Waals surface area (Å²) < 4.78 is 16.7. The highest BCUT2D eigenvalue weighted by molar-refractivity contribution is 5.97. The molecule has 0 radical (unpaired) electrons. The van der Waals surface area contributed by atoms with Crippen molar-refractivity contribution in [2.45, 2.75) is 51.9 Å². The summed E-state index contributed by atoms with van der Waals surface area (Å²) in [6.45, 7) is 4.20. The molecular formula is C25H27NO5. The zero-order valence-corrected chi connectivity index (χ0v) is 17.9. The van der Waals surface area contributed by atoms with Crippen LogP contribution in [-0.2, 0) is 27.3 Å².